The molecule has 0 amide bonds. The van der Waals surface area contributed by atoms with Crippen LogP contribution in [0.5, 0.6) is 11.5 Å². The lowest BCUT2D eigenvalue weighted by atomic mass is 10.2. The molecule has 0 aromatic heterocycles. The molecule has 150 valence electrons. The molecule has 0 spiro atoms. The van der Waals surface area contributed by atoms with Crippen LogP contribution in [-0.2, 0) is 6.54 Å². The lowest BCUT2D eigenvalue weighted by Crippen LogP contribution is -2.43. The van der Waals surface area contributed by atoms with Gasteiger partial charge in [-0.15, -0.1) is 0 Å². The zero-order valence-electron chi connectivity index (χ0n) is 17.2. The van der Waals surface area contributed by atoms with Gasteiger partial charge >= 0.3 is 0 Å². The lowest BCUT2D eigenvalue weighted by molar-refractivity contribution is 0.255. The number of ether oxygens (including phenoxy) is 2. The van der Waals surface area contributed by atoms with E-state index in [1.54, 1.807) is 14.2 Å². The minimum Gasteiger partial charge on any atom is -0.497 e. The van der Waals surface area contributed by atoms with Gasteiger partial charge < -0.3 is 19.7 Å². The van der Waals surface area contributed by atoms with Crippen LogP contribution in [0.3, 0.4) is 0 Å². The molecule has 0 heterocycles. The molecule has 1 N–H and O–H groups in total. The fourth-order valence-electron chi connectivity index (χ4n) is 3.50. The van der Waals surface area contributed by atoms with Gasteiger partial charge in [0.1, 0.15) is 11.5 Å². The van der Waals surface area contributed by atoms with Gasteiger partial charge in [-0.25, -0.2) is 0 Å². The zero-order valence-corrected chi connectivity index (χ0v) is 17.2. The first-order valence-corrected chi connectivity index (χ1v) is 10.0. The van der Waals surface area contributed by atoms with E-state index in [-0.39, 0.29) is 0 Å². The topological polar surface area (TPSA) is 49.3 Å². The van der Waals surface area contributed by atoms with E-state index >= 15 is 0 Å². The van der Waals surface area contributed by atoms with Gasteiger partial charge in [-0.05, 0) is 43.7 Å². The maximum Gasteiger partial charge on any atom is 0.193 e. The van der Waals surface area contributed by atoms with Crippen LogP contribution >= 0.6 is 0 Å². The van der Waals surface area contributed by atoms with E-state index in [4.69, 9.17) is 9.47 Å². The van der Waals surface area contributed by atoms with E-state index < -0.39 is 0 Å². The number of hydrogen-bond donors (Lipinski definition) is 1. The van der Waals surface area contributed by atoms with Crippen molar-refractivity contribution in [2.45, 2.75) is 38.3 Å². The highest BCUT2D eigenvalue weighted by Gasteiger charge is 2.33. The zero-order chi connectivity index (χ0) is 19.2. The predicted molar refractivity (Wildman–Crippen MR) is 110 cm³/mol. The van der Waals surface area contributed by atoms with E-state index in [0.717, 1.165) is 54.6 Å². The highest BCUT2D eigenvalue weighted by molar-refractivity contribution is 5.79. The Bertz CT molecular complexity index is 641. The average molecular weight is 375 g/mol. The Hall–Kier alpha value is -1.95. The van der Waals surface area contributed by atoms with Crippen LogP contribution in [0.2, 0.25) is 0 Å². The summed E-state index contributed by atoms with van der Waals surface area (Å²) in [6.07, 6.45) is 5.59. The van der Waals surface area contributed by atoms with Gasteiger partial charge in [0.2, 0.25) is 0 Å². The van der Waals surface area contributed by atoms with Crippen LogP contribution in [0.15, 0.2) is 23.2 Å². The number of guanidine groups is 1. The molecule has 2 aliphatic rings. The Morgan fingerprint density at radius 1 is 1.19 bits per heavy atom. The van der Waals surface area contributed by atoms with Crippen molar-refractivity contribution in [3.8, 4) is 11.5 Å². The molecule has 27 heavy (non-hydrogen) atoms. The molecular formula is C21H34N4O2. The number of nitrogens with zero attached hydrogens (tertiary/aromatic N) is 3. The molecule has 0 radical (unpaired) electrons. The first kappa shape index (κ1) is 19.8. The van der Waals surface area contributed by atoms with Crippen LogP contribution in [-0.4, -0.2) is 69.8 Å². The summed E-state index contributed by atoms with van der Waals surface area (Å²) in [5.41, 5.74) is 1.11. The maximum absolute atomic E-state index is 5.52. The fraction of sp³-hybridized carbons (Fsp3) is 0.667. The Labute approximate surface area is 163 Å². The van der Waals surface area contributed by atoms with E-state index in [1.165, 1.54) is 32.2 Å². The van der Waals surface area contributed by atoms with Crippen molar-refractivity contribution in [3.63, 3.8) is 0 Å². The summed E-state index contributed by atoms with van der Waals surface area (Å²) in [5.74, 6) is 3.50. The number of rotatable bonds is 10. The molecule has 0 bridgehead atoms. The highest BCUT2D eigenvalue weighted by Crippen LogP contribution is 2.34. The average Bonchev–Trinajstić information content (AvgIpc) is 3.58. The van der Waals surface area contributed by atoms with Gasteiger partial charge in [-0.3, -0.25) is 9.89 Å². The van der Waals surface area contributed by atoms with Crippen LogP contribution in [0, 0.1) is 5.92 Å². The van der Waals surface area contributed by atoms with Gasteiger partial charge in [0.15, 0.2) is 5.96 Å². The van der Waals surface area contributed by atoms with Crippen LogP contribution in [0.25, 0.3) is 0 Å². The number of nitrogens with one attached hydrogen (secondary N) is 1. The summed E-state index contributed by atoms with van der Waals surface area (Å²) in [7, 11) is 7.26. The van der Waals surface area contributed by atoms with Gasteiger partial charge in [0.25, 0.3) is 0 Å². The van der Waals surface area contributed by atoms with Crippen molar-refractivity contribution < 1.29 is 9.47 Å². The molecule has 1 aromatic carbocycles. The Kier molecular flexibility index (Phi) is 6.83. The normalized spacial score (nSPS) is 17.1. The van der Waals surface area contributed by atoms with Gasteiger partial charge in [0, 0.05) is 57.9 Å². The van der Waals surface area contributed by atoms with E-state index in [0.29, 0.717) is 0 Å². The van der Waals surface area contributed by atoms with Crippen molar-refractivity contribution >= 4 is 5.96 Å². The Morgan fingerprint density at radius 3 is 2.56 bits per heavy atom. The van der Waals surface area contributed by atoms with Crippen LogP contribution in [0.4, 0.5) is 0 Å². The van der Waals surface area contributed by atoms with Gasteiger partial charge in [-0.2, -0.15) is 0 Å². The predicted octanol–water partition coefficient (Wildman–Crippen LogP) is 2.59. The second-order valence-electron chi connectivity index (χ2n) is 7.68. The molecule has 1 aromatic rings. The lowest BCUT2D eigenvalue weighted by Gasteiger charge is -2.26. The third-order valence-electron chi connectivity index (χ3n) is 5.41. The van der Waals surface area contributed by atoms with Gasteiger partial charge in [-0.1, -0.05) is 0 Å². The molecule has 6 heteroatoms. The van der Waals surface area contributed by atoms with Crippen molar-refractivity contribution in [1.29, 1.82) is 0 Å². The van der Waals surface area contributed by atoms with E-state index in [9.17, 15) is 0 Å². The number of methoxy groups -OCH3 is 2. The van der Waals surface area contributed by atoms with Crippen molar-refractivity contribution in [3.05, 3.63) is 23.8 Å². The summed E-state index contributed by atoms with van der Waals surface area (Å²) in [6.45, 7) is 4.03. The molecule has 2 saturated carbocycles. The number of benzene rings is 1. The highest BCUT2D eigenvalue weighted by atomic mass is 16.5. The SMILES string of the molecule is CN=C(NCCN(CC1CC1)C1CC1)N(C)Cc1ccc(OC)cc1OC. The van der Waals surface area contributed by atoms with E-state index in [1.807, 2.05) is 25.2 Å². The summed E-state index contributed by atoms with van der Waals surface area (Å²) in [5, 5.41) is 3.52. The molecule has 6 nitrogen and oxygen atoms in total. The van der Waals surface area contributed by atoms with E-state index in [2.05, 4.69) is 27.2 Å². The number of aliphatic imine (C=N–C) groups is 1. The van der Waals surface area contributed by atoms with Crippen LogP contribution < -0.4 is 14.8 Å². The third kappa shape index (κ3) is 5.76. The molecule has 3 rings (SSSR count). The quantitative estimate of drug-likeness (QED) is 0.504. The second-order valence-corrected chi connectivity index (χ2v) is 7.68. The molecule has 2 fully saturated rings. The van der Waals surface area contributed by atoms with Crippen molar-refractivity contribution in [2.24, 2.45) is 10.9 Å². The van der Waals surface area contributed by atoms with Gasteiger partial charge in [0.05, 0.1) is 14.2 Å². The smallest absolute Gasteiger partial charge is 0.193 e. The third-order valence-corrected chi connectivity index (χ3v) is 5.41. The van der Waals surface area contributed by atoms with Crippen LogP contribution in [0.1, 0.15) is 31.2 Å². The summed E-state index contributed by atoms with van der Waals surface area (Å²) in [6, 6.07) is 6.76. The minimum absolute atomic E-state index is 0.723. The fourth-order valence-corrected chi connectivity index (χ4v) is 3.50. The summed E-state index contributed by atoms with van der Waals surface area (Å²) in [4.78, 5) is 9.25. The molecule has 0 unspecified atom stereocenters. The minimum atomic E-state index is 0.723. The maximum atomic E-state index is 5.52. The molecular weight excluding hydrogens is 340 g/mol. The first-order valence-electron chi connectivity index (χ1n) is 10.0. The van der Waals surface area contributed by atoms with Crippen molar-refractivity contribution in [2.75, 3.05) is 47.9 Å². The summed E-state index contributed by atoms with van der Waals surface area (Å²) >= 11 is 0. The summed E-state index contributed by atoms with van der Waals surface area (Å²) < 4.78 is 10.8. The molecule has 0 aliphatic heterocycles. The monoisotopic (exact) mass is 374 g/mol. The first-order chi connectivity index (χ1) is 13.1. The second kappa shape index (κ2) is 9.31. The molecule has 0 saturated heterocycles. The standard InChI is InChI=1S/C21H34N4O2/c1-22-21(23-11-12-25(18-8-9-18)14-16-5-6-16)24(2)15-17-7-10-19(26-3)13-20(17)27-4/h7,10,13,16,18H,5-6,8-9,11-12,14-15H2,1-4H3,(H,22,23). The molecule has 0 atom stereocenters. The van der Waals surface area contributed by atoms with Crippen molar-refractivity contribution in [1.82, 2.24) is 15.1 Å². The Balaban J connectivity index is 1.50. The molecule has 2 aliphatic carbocycles. The number of hydrogen-bond acceptors (Lipinski definition) is 4. The largest absolute Gasteiger partial charge is 0.497 e. The Morgan fingerprint density at radius 2 is 1.96 bits per heavy atom.